The Morgan fingerprint density at radius 1 is 1.03 bits per heavy atom. The second-order valence-corrected chi connectivity index (χ2v) is 7.34. The highest BCUT2D eigenvalue weighted by Gasteiger charge is 2.13. The number of nitrogens with one attached hydrogen (secondary N) is 1. The van der Waals surface area contributed by atoms with Crippen LogP contribution >= 0.6 is 0 Å². The van der Waals surface area contributed by atoms with E-state index >= 15 is 0 Å². The van der Waals surface area contributed by atoms with Crippen molar-refractivity contribution in [2.24, 2.45) is 0 Å². The first-order valence-corrected chi connectivity index (χ1v) is 10.1. The van der Waals surface area contributed by atoms with Crippen LogP contribution in [-0.4, -0.2) is 51.4 Å². The maximum absolute atomic E-state index is 12.1. The molecule has 0 radical (unpaired) electrons. The molecule has 1 N–H and O–H groups in total. The molecule has 2 aromatic carbocycles. The van der Waals surface area contributed by atoms with E-state index in [-0.39, 0.29) is 19.1 Å². The van der Waals surface area contributed by atoms with Crippen molar-refractivity contribution in [2.75, 3.05) is 49.7 Å². The number of carbonyl (C=O) groups is 2. The van der Waals surface area contributed by atoms with Crippen LogP contribution in [0.3, 0.4) is 0 Å². The first-order valence-electron chi connectivity index (χ1n) is 10.1. The number of benzene rings is 2. The molecular formula is C23H28N2O5. The van der Waals surface area contributed by atoms with Crippen LogP contribution in [-0.2, 0) is 19.1 Å². The fourth-order valence-electron chi connectivity index (χ4n) is 3.19. The minimum atomic E-state index is -0.591. The molecule has 1 saturated heterocycles. The van der Waals surface area contributed by atoms with Crippen LogP contribution in [0.25, 0.3) is 0 Å². The summed E-state index contributed by atoms with van der Waals surface area (Å²) in [6.07, 6.45) is 0. The molecular weight excluding hydrogens is 384 g/mol. The molecule has 0 bridgehead atoms. The van der Waals surface area contributed by atoms with Gasteiger partial charge in [-0.1, -0.05) is 32.0 Å². The number of amides is 1. The lowest BCUT2D eigenvalue weighted by Gasteiger charge is -2.28. The van der Waals surface area contributed by atoms with Gasteiger partial charge >= 0.3 is 5.97 Å². The van der Waals surface area contributed by atoms with E-state index in [1.54, 1.807) is 0 Å². The number of anilines is 2. The van der Waals surface area contributed by atoms with Crippen molar-refractivity contribution in [3.63, 3.8) is 0 Å². The molecule has 0 aliphatic carbocycles. The van der Waals surface area contributed by atoms with Crippen LogP contribution in [0.4, 0.5) is 11.4 Å². The highest BCUT2D eigenvalue weighted by Crippen LogP contribution is 2.25. The zero-order chi connectivity index (χ0) is 21.3. The lowest BCUT2D eigenvalue weighted by molar-refractivity contribution is -0.149. The molecule has 0 unspecified atom stereocenters. The smallest absolute Gasteiger partial charge is 0.344 e. The predicted molar refractivity (Wildman–Crippen MR) is 115 cm³/mol. The van der Waals surface area contributed by atoms with Gasteiger partial charge in [0.05, 0.1) is 13.2 Å². The molecule has 0 aromatic heterocycles. The van der Waals surface area contributed by atoms with Crippen LogP contribution in [0.15, 0.2) is 48.5 Å². The zero-order valence-electron chi connectivity index (χ0n) is 17.4. The lowest BCUT2D eigenvalue weighted by atomic mass is 10.0. The number of morpholine rings is 1. The lowest BCUT2D eigenvalue weighted by Crippen LogP contribution is -2.36. The largest absolute Gasteiger partial charge is 0.482 e. The summed E-state index contributed by atoms with van der Waals surface area (Å²) in [5.41, 5.74) is 2.75. The average Bonchev–Trinajstić information content (AvgIpc) is 2.77. The van der Waals surface area contributed by atoms with Gasteiger partial charge in [0.1, 0.15) is 5.75 Å². The third-order valence-electron chi connectivity index (χ3n) is 4.78. The predicted octanol–water partition coefficient (Wildman–Crippen LogP) is 3.21. The van der Waals surface area contributed by atoms with Gasteiger partial charge in [-0.25, -0.2) is 4.79 Å². The molecule has 0 atom stereocenters. The highest BCUT2D eigenvalue weighted by molar-refractivity contribution is 5.93. The van der Waals surface area contributed by atoms with Crippen molar-refractivity contribution in [1.29, 1.82) is 0 Å². The van der Waals surface area contributed by atoms with Crippen molar-refractivity contribution in [3.05, 3.63) is 54.1 Å². The van der Waals surface area contributed by atoms with Gasteiger partial charge in [0.2, 0.25) is 0 Å². The second-order valence-electron chi connectivity index (χ2n) is 7.34. The minimum Gasteiger partial charge on any atom is -0.482 e. The summed E-state index contributed by atoms with van der Waals surface area (Å²) in [6, 6.07) is 15.1. The van der Waals surface area contributed by atoms with Crippen LogP contribution in [0.1, 0.15) is 25.3 Å². The molecule has 1 fully saturated rings. The summed E-state index contributed by atoms with van der Waals surface area (Å²) in [7, 11) is 0. The minimum absolute atomic E-state index is 0.245. The number of ether oxygens (including phenoxy) is 3. The van der Waals surface area contributed by atoms with Gasteiger partial charge in [-0.3, -0.25) is 4.79 Å². The normalized spacial score (nSPS) is 13.8. The molecule has 160 valence electrons. The van der Waals surface area contributed by atoms with Gasteiger partial charge < -0.3 is 24.4 Å². The summed E-state index contributed by atoms with van der Waals surface area (Å²) in [5, 5.41) is 2.73. The Balaban J connectivity index is 1.41. The van der Waals surface area contributed by atoms with E-state index < -0.39 is 11.9 Å². The molecule has 1 amide bonds. The van der Waals surface area contributed by atoms with Gasteiger partial charge in [-0.2, -0.15) is 0 Å². The van der Waals surface area contributed by atoms with E-state index in [0.717, 1.165) is 37.6 Å². The molecule has 30 heavy (non-hydrogen) atoms. The molecule has 7 nitrogen and oxygen atoms in total. The van der Waals surface area contributed by atoms with Crippen LogP contribution in [0, 0.1) is 0 Å². The third-order valence-corrected chi connectivity index (χ3v) is 4.78. The van der Waals surface area contributed by atoms with Gasteiger partial charge in [-0.15, -0.1) is 0 Å². The summed E-state index contributed by atoms with van der Waals surface area (Å²) < 4.78 is 15.9. The topological polar surface area (TPSA) is 77.1 Å². The van der Waals surface area contributed by atoms with Gasteiger partial charge in [0.25, 0.3) is 5.91 Å². The molecule has 0 spiro atoms. The maximum atomic E-state index is 12.1. The van der Waals surface area contributed by atoms with Crippen molar-refractivity contribution in [3.8, 4) is 5.75 Å². The summed E-state index contributed by atoms with van der Waals surface area (Å²) in [4.78, 5) is 26.2. The van der Waals surface area contributed by atoms with Crippen LogP contribution < -0.4 is 15.0 Å². The molecule has 3 rings (SSSR count). The number of nitrogens with zero attached hydrogens (tertiary/aromatic N) is 1. The Bertz CT molecular complexity index is 845. The molecule has 1 aliphatic rings. The number of para-hydroxylation sites is 1. The summed E-state index contributed by atoms with van der Waals surface area (Å²) in [5.74, 6) is -0.0664. The van der Waals surface area contributed by atoms with Gasteiger partial charge in [0.15, 0.2) is 13.2 Å². The maximum Gasteiger partial charge on any atom is 0.344 e. The Morgan fingerprint density at radius 3 is 2.43 bits per heavy atom. The zero-order valence-corrected chi connectivity index (χ0v) is 17.4. The van der Waals surface area contributed by atoms with Crippen molar-refractivity contribution < 1.29 is 23.8 Å². The monoisotopic (exact) mass is 412 g/mol. The molecule has 7 heteroatoms. The van der Waals surface area contributed by atoms with Crippen molar-refractivity contribution >= 4 is 23.3 Å². The average molecular weight is 412 g/mol. The highest BCUT2D eigenvalue weighted by atomic mass is 16.6. The number of rotatable bonds is 8. The number of hydrogen-bond donors (Lipinski definition) is 1. The molecule has 0 saturated carbocycles. The van der Waals surface area contributed by atoms with Crippen LogP contribution in [0.5, 0.6) is 5.75 Å². The quantitative estimate of drug-likeness (QED) is 0.671. The summed E-state index contributed by atoms with van der Waals surface area (Å²) >= 11 is 0. The SMILES string of the molecule is CC(C)c1ccccc1OCC(=O)OCC(=O)Nc1ccc(N2CCOCC2)cc1. The third kappa shape index (κ3) is 6.22. The van der Waals surface area contributed by atoms with E-state index in [4.69, 9.17) is 14.2 Å². The first-order chi connectivity index (χ1) is 14.5. The Kier molecular flexibility index (Phi) is 7.68. The first kappa shape index (κ1) is 21.6. The fraction of sp³-hybridized carbons (Fsp3) is 0.391. The molecule has 1 heterocycles. The fourth-order valence-corrected chi connectivity index (χ4v) is 3.19. The Labute approximate surface area is 176 Å². The van der Waals surface area contributed by atoms with E-state index in [1.165, 1.54) is 0 Å². The van der Waals surface area contributed by atoms with E-state index in [2.05, 4.69) is 24.1 Å². The van der Waals surface area contributed by atoms with E-state index in [0.29, 0.717) is 11.4 Å². The van der Waals surface area contributed by atoms with E-state index in [9.17, 15) is 9.59 Å². The summed E-state index contributed by atoms with van der Waals surface area (Å²) in [6.45, 7) is 6.64. The van der Waals surface area contributed by atoms with Crippen molar-refractivity contribution in [2.45, 2.75) is 19.8 Å². The van der Waals surface area contributed by atoms with Gasteiger partial charge in [-0.05, 0) is 41.8 Å². The second kappa shape index (κ2) is 10.6. The Morgan fingerprint density at radius 2 is 1.73 bits per heavy atom. The number of esters is 1. The Hall–Kier alpha value is -3.06. The standard InChI is InChI=1S/C23H28N2O5/c1-17(2)20-5-3-4-6-21(20)29-16-23(27)30-15-22(26)24-18-7-9-19(10-8-18)25-11-13-28-14-12-25/h3-10,17H,11-16H2,1-2H3,(H,24,26). The van der Waals surface area contributed by atoms with Crippen LogP contribution in [0.2, 0.25) is 0 Å². The van der Waals surface area contributed by atoms with Crippen molar-refractivity contribution in [1.82, 2.24) is 0 Å². The number of carbonyl (C=O) groups excluding carboxylic acids is 2. The van der Waals surface area contributed by atoms with E-state index in [1.807, 2.05) is 48.5 Å². The van der Waals surface area contributed by atoms with Gasteiger partial charge in [0, 0.05) is 24.5 Å². The number of hydrogen-bond acceptors (Lipinski definition) is 6. The molecule has 2 aromatic rings. The molecule has 1 aliphatic heterocycles.